The van der Waals surface area contributed by atoms with E-state index >= 15 is 0 Å². The molecule has 5 heteroatoms. The summed E-state index contributed by atoms with van der Waals surface area (Å²) >= 11 is 0. The van der Waals surface area contributed by atoms with Crippen molar-refractivity contribution >= 4 is 6.03 Å². The second kappa shape index (κ2) is 5.80. The van der Waals surface area contributed by atoms with Crippen molar-refractivity contribution in [3.63, 3.8) is 0 Å². The third kappa shape index (κ3) is 5.12. The molecular formula is C13H18F2N2O. The van der Waals surface area contributed by atoms with Gasteiger partial charge < -0.3 is 10.6 Å². The molecule has 0 fully saturated rings. The Hall–Kier alpha value is -1.65. The van der Waals surface area contributed by atoms with Crippen LogP contribution >= 0.6 is 0 Å². The van der Waals surface area contributed by atoms with Gasteiger partial charge in [0.05, 0.1) is 0 Å². The summed E-state index contributed by atoms with van der Waals surface area (Å²) in [5.74, 6) is -0.944. The highest BCUT2D eigenvalue weighted by atomic mass is 19.1. The molecule has 0 aliphatic rings. The number of amides is 2. The molecule has 0 radical (unpaired) electrons. The summed E-state index contributed by atoms with van der Waals surface area (Å²) in [4.78, 5) is 11.4. The monoisotopic (exact) mass is 256 g/mol. The lowest BCUT2D eigenvalue weighted by Gasteiger charge is -2.20. The van der Waals surface area contributed by atoms with Crippen LogP contribution in [0.25, 0.3) is 0 Å². The van der Waals surface area contributed by atoms with Crippen molar-refractivity contribution in [1.29, 1.82) is 0 Å². The average molecular weight is 256 g/mol. The molecule has 2 N–H and O–H groups in total. The van der Waals surface area contributed by atoms with Crippen LogP contribution in [-0.2, 0) is 6.42 Å². The van der Waals surface area contributed by atoms with Crippen molar-refractivity contribution in [3.05, 3.63) is 35.4 Å². The van der Waals surface area contributed by atoms with Gasteiger partial charge >= 0.3 is 6.03 Å². The molecule has 0 aliphatic carbocycles. The highest BCUT2D eigenvalue weighted by Gasteiger charge is 2.13. The lowest BCUT2D eigenvalue weighted by molar-refractivity contribution is 0.232. The van der Waals surface area contributed by atoms with Crippen LogP contribution in [0.15, 0.2) is 18.2 Å². The molecule has 0 atom stereocenters. The summed E-state index contributed by atoms with van der Waals surface area (Å²) in [6.07, 6.45) is 0.251. The molecule has 1 aromatic rings. The number of benzene rings is 1. The molecule has 0 aliphatic heterocycles. The molecule has 0 spiro atoms. The number of hydrogen-bond acceptors (Lipinski definition) is 1. The van der Waals surface area contributed by atoms with Crippen LogP contribution < -0.4 is 10.6 Å². The lowest BCUT2D eigenvalue weighted by atomic mass is 10.1. The predicted molar refractivity (Wildman–Crippen MR) is 66.3 cm³/mol. The van der Waals surface area contributed by atoms with E-state index in [0.717, 1.165) is 18.2 Å². The quantitative estimate of drug-likeness (QED) is 0.857. The zero-order valence-electron chi connectivity index (χ0n) is 10.8. The first-order valence-corrected chi connectivity index (χ1v) is 5.78. The van der Waals surface area contributed by atoms with Crippen molar-refractivity contribution in [2.75, 3.05) is 6.54 Å². The largest absolute Gasteiger partial charge is 0.338 e. The Morgan fingerprint density at radius 1 is 1.28 bits per heavy atom. The van der Waals surface area contributed by atoms with Gasteiger partial charge in [-0.1, -0.05) is 0 Å². The van der Waals surface area contributed by atoms with E-state index < -0.39 is 11.6 Å². The van der Waals surface area contributed by atoms with Gasteiger partial charge in [-0.05, 0) is 51.0 Å². The van der Waals surface area contributed by atoms with Crippen molar-refractivity contribution in [2.45, 2.75) is 32.7 Å². The number of urea groups is 1. The van der Waals surface area contributed by atoms with Gasteiger partial charge in [-0.3, -0.25) is 0 Å². The Balaban J connectivity index is 2.42. The number of carbonyl (C=O) groups is 1. The van der Waals surface area contributed by atoms with E-state index in [2.05, 4.69) is 10.6 Å². The number of rotatable bonds is 3. The smallest absolute Gasteiger partial charge is 0.315 e. The molecule has 0 saturated carbocycles. The summed E-state index contributed by atoms with van der Waals surface area (Å²) in [6.45, 7) is 5.83. The first-order valence-electron chi connectivity index (χ1n) is 5.78. The standard InChI is InChI=1S/C13H18F2N2O/c1-13(2,3)17-12(18)16-7-6-9-8-10(14)4-5-11(9)15/h4-5,8H,6-7H2,1-3H3,(H2,16,17,18). The highest BCUT2D eigenvalue weighted by molar-refractivity contribution is 5.74. The van der Waals surface area contributed by atoms with Crippen molar-refractivity contribution in [2.24, 2.45) is 0 Å². The topological polar surface area (TPSA) is 41.1 Å². The third-order valence-electron chi connectivity index (χ3n) is 2.18. The third-order valence-corrected chi connectivity index (χ3v) is 2.18. The number of halogens is 2. The Labute approximate surface area is 106 Å². The fraction of sp³-hybridized carbons (Fsp3) is 0.462. The maximum absolute atomic E-state index is 13.3. The first kappa shape index (κ1) is 14.4. The lowest BCUT2D eigenvalue weighted by Crippen LogP contribution is -2.46. The molecule has 1 rings (SSSR count). The molecule has 0 bridgehead atoms. The van der Waals surface area contributed by atoms with E-state index in [4.69, 9.17) is 0 Å². The fourth-order valence-electron chi connectivity index (χ4n) is 1.43. The Morgan fingerprint density at radius 2 is 1.94 bits per heavy atom. The van der Waals surface area contributed by atoms with Crippen LogP contribution in [0, 0.1) is 11.6 Å². The summed E-state index contributed by atoms with van der Waals surface area (Å²) in [5.41, 5.74) is -0.0696. The molecule has 0 saturated heterocycles. The summed E-state index contributed by atoms with van der Waals surface area (Å²) in [6, 6.07) is 2.97. The molecule has 18 heavy (non-hydrogen) atoms. The van der Waals surface area contributed by atoms with E-state index in [-0.39, 0.29) is 30.1 Å². The van der Waals surface area contributed by atoms with Gasteiger partial charge in [-0.2, -0.15) is 0 Å². The zero-order chi connectivity index (χ0) is 13.8. The molecule has 2 amide bonds. The average Bonchev–Trinajstić information content (AvgIpc) is 2.20. The molecule has 100 valence electrons. The minimum Gasteiger partial charge on any atom is -0.338 e. The van der Waals surface area contributed by atoms with Crippen LogP contribution in [0.2, 0.25) is 0 Å². The molecule has 3 nitrogen and oxygen atoms in total. The van der Waals surface area contributed by atoms with Crippen LogP contribution in [0.5, 0.6) is 0 Å². The predicted octanol–water partition coefficient (Wildman–Crippen LogP) is 2.61. The fourth-order valence-corrected chi connectivity index (χ4v) is 1.43. The molecule has 0 aromatic heterocycles. The van der Waals surface area contributed by atoms with E-state index in [9.17, 15) is 13.6 Å². The van der Waals surface area contributed by atoms with Crippen molar-refractivity contribution < 1.29 is 13.6 Å². The molecular weight excluding hydrogens is 238 g/mol. The van der Waals surface area contributed by atoms with Crippen molar-refractivity contribution in [3.8, 4) is 0 Å². The maximum Gasteiger partial charge on any atom is 0.315 e. The van der Waals surface area contributed by atoms with Crippen LogP contribution in [0.4, 0.5) is 13.6 Å². The van der Waals surface area contributed by atoms with Gasteiger partial charge in [-0.25, -0.2) is 13.6 Å². The van der Waals surface area contributed by atoms with Gasteiger partial charge in [0.25, 0.3) is 0 Å². The molecule has 0 heterocycles. The Bertz CT molecular complexity index is 427. The Morgan fingerprint density at radius 3 is 2.56 bits per heavy atom. The number of carbonyl (C=O) groups excluding carboxylic acids is 1. The highest BCUT2D eigenvalue weighted by Crippen LogP contribution is 2.09. The minimum absolute atomic E-state index is 0.251. The SMILES string of the molecule is CC(C)(C)NC(=O)NCCc1cc(F)ccc1F. The first-order chi connectivity index (χ1) is 8.28. The van der Waals surface area contributed by atoms with Crippen LogP contribution in [0.1, 0.15) is 26.3 Å². The second-order valence-electron chi connectivity index (χ2n) is 5.12. The van der Waals surface area contributed by atoms with E-state index in [1.165, 1.54) is 0 Å². The summed E-state index contributed by atoms with van der Waals surface area (Å²) in [5, 5.41) is 5.31. The van der Waals surface area contributed by atoms with Crippen LogP contribution in [0.3, 0.4) is 0 Å². The van der Waals surface area contributed by atoms with Crippen molar-refractivity contribution in [1.82, 2.24) is 10.6 Å². The summed E-state index contributed by atoms with van der Waals surface area (Å²) in [7, 11) is 0. The molecule has 0 unspecified atom stereocenters. The second-order valence-corrected chi connectivity index (χ2v) is 5.12. The minimum atomic E-state index is -0.481. The van der Waals surface area contributed by atoms with Gasteiger partial charge in [-0.15, -0.1) is 0 Å². The van der Waals surface area contributed by atoms with Gasteiger partial charge in [0.2, 0.25) is 0 Å². The summed E-state index contributed by atoms with van der Waals surface area (Å²) < 4.78 is 26.2. The zero-order valence-corrected chi connectivity index (χ0v) is 10.8. The maximum atomic E-state index is 13.3. The number of nitrogens with one attached hydrogen (secondary N) is 2. The van der Waals surface area contributed by atoms with E-state index in [1.54, 1.807) is 0 Å². The van der Waals surface area contributed by atoms with E-state index in [0.29, 0.717) is 0 Å². The van der Waals surface area contributed by atoms with Gasteiger partial charge in [0.1, 0.15) is 11.6 Å². The van der Waals surface area contributed by atoms with Gasteiger partial charge in [0.15, 0.2) is 0 Å². The van der Waals surface area contributed by atoms with Crippen LogP contribution in [-0.4, -0.2) is 18.1 Å². The molecule has 1 aromatic carbocycles. The van der Waals surface area contributed by atoms with Gasteiger partial charge in [0, 0.05) is 12.1 Å². The van der Waals surface area contributed by atoms with E-state index in [1.807, 2.05) is 20.8 Å². The number of hydrogen-bond donors (Lipinski definition) is 2. The Kier molecular flexibility index (Phi) is 4.64. The normalized spacial score (nSPS) is 11.2.